The first-order valence-corrected chi connectivity index (χ1v) is 6.00. The third-order valence-corrected chi connectivity index (χ3v) is 3.27. The van der Waals surface area contributed by atoms with Crippen LogP contribution in [0.2, 0.25) is 0 Å². The number of nitrogens with zero attached hydrogens (tertiary/aromatic N) is 1. The molecule has 2 saturated heterocycles. The van der Waals surface area contributed by atoms with Crippen molar-refractivity contribution in [3.63, 3.8) is 0 Å². The summed E-state index contributed by atoms with van der Waals surface area (Å²) in [5.41, 5.74) is 0. The highest BCUT2D eigenvalue weighted by Crippen LogP contribution is 2.18. The predicted molar refractivity (Wildman–Crippen MR) is 54.4 cm³/mol. The Morgan fingerprint density at radius 3 is 2.86 bits per heavy atom. The number of amides is 1. The Balaban J connectivity index is 1.68. The van der Waals surface area contributed by atoms with E-state index in [0.29, 0.717) is 0 Å². The van der Waals surface area contributed by atoms with Crippen molar-refractivity contribution in [2.24, 2.45) is 0 Å². The maximum Gasteiger partial charge on any atom is 0.281 e. The first-order chi connectivity index (χ1) is 6.86. The molecule has 2 heterocycles. The van der Waals surface area contributed by atoms with Gasteiger partial charge in [0, 0.05) is 25.3 Å². The van der Waals surface area contributed by atoms with Crippen LogP contribution in [0.25, 0.3) is 0 Å². The summed E-state index contributed by atoms with van der Waals surface area (Å²) < 4.78 is 10.8. The van der Waals surface area contributed by atoms with Crippen LogP contribution in [0.5, 0.6) is 0 Å². The highest BCUT2D eigenvalue weighted by atomic mass is 32.2. The SMILES string of the molecule is O=C1SCCN1CCC1OCCCO1. The second-order valence-corrected chi connectivity index (χ2v) is 4.46. The molecule has 14 heavy (non-hydrogen) atoms. The van der Waals surface area contributed by atoms with Crippen molar-refractivity contribution >= 4 is 17.0 Å². The van der Waals surface area contributed by atoms with Crippen molar-refractivity contribution in [2.45, 2.75) is 19.1 Å². The molecule has 0 aromatic carbocycles. The molecular weight excluding hydrogens is 202 g/mol. The van der Waals surface area contributed by atoms with Gasteiger partial charge >= 0.3 is 0 Å². The van der Waals surface area contributed by atoms with Gasteiger partial charge in [0.25, 0.3) is 5.24 Å². The molecule has 0 aliphatic carbocycles. The minimum absolute atomic E-state index is 0.0952. The van der Waals surface area contributed by atoms with Gasteiger partial charge in [-0.2, -0.15) is 0 Å². The zero-order valence-corrected chi connectivity index (χ0v) is 8.92. The Kier molecular flexibility index (Phi) is 3.67. The molecule has 2 fully saturated rings. The maximum atomic E-state index is 11.3. The lowest BCUT2D eigenvalue weighted by atomic mass is 10.3. The third-order valence-electron chi connectivity index (χ3n) is 2.38. The average Bonchev–Trinajstić information content (AvgIpc) is 2.63. The Labute approximate surface area is 87.9 Å². The maximum absolute atomic E-state index is 11.3. The topological polar surface area (TPSA) is 38.8 Å². The van der Waals surface area contributed by atoms with Gasteiger partial charge in [-0.15, -0.1) is 0 Å². The Hall–Kier alpha value is -0.260. The molecule has 0 spiro atoms. The van der Waals surface area contributed by atoms with Crippen LogP contribution in [0.15, 0.2) is 0 Å². The summed E-state index contributed by atoms with van der Waals surface area (Å²) >= 11 is 1.40. The number of thioether (sulfide) groups is 1. The van der Waals surface area contributed by atoms with E-state index in [2.05, 4.69) is 0 Å². The van der Waals surface area contributed by atoms with E-state index in [0.717, 1.165) is 44.9 Å². The highest BCUT2D eigenvalue weighted by molar-refractivity contribution is 8.13. The molecule has 0 saturated carbocycles. The van der Waals surface area contributed by atoms with E-state index in [9.17, 15) is 4.79 Å². The van der Waals surface area contributed by atoms with Gasteiger partial charge in [0.05, 0.1) is 13.2 Å². The van der Waals surface area contributed by atoms with E-state index in [1.807, 2.05) is 4.90 Å². The van der Waals surface area contributed by atoms with Crippen LogP contribution in [-0.4, -0.2) is 48.5 Å². The standard InChI is InChI=1S/C9H15NO3S/c11-9-10(4-7-14-9)3-2-8-12-5-1-6-13-8/h8H,1-7H2. The zero-order chi connectivity index (χ0) is 9.80. The number of carbonyl (C=O) groups excluding carboxylic acids is 1. The van der Waals surface area contributed by atoms with Crippen molar-refractivity contribution in [3.8, 4) is 0 Å². The van der Waals surface area contributed by atoms with Crippen molar-refractivity contribution in [3.05, 3.63) is 0 Å². The summed E-state index contributed by atoms with van der Waals surface area (Å²) in [6.07, 6.45) is 1.68. The van der Waals surface area contributed by atoms with Crippen LogP contribution in [0, 0.1) is 0 Å². The summed E-state index contributed by atoms with van der Waals surface area (Å²) in [7, 11) is 0. The number of rotatable bonds is 3. The second-order valence-electron chi connectivity index (χ2n) is 3.41. The van der Waals surface area contributed by atoms with Gasteiger partial charge in [0.2, 0.25) is 0 Å². The molecule has 0 aromatic heterocycles. The smallest absolute Gasteiger partial charge is 0.281 e. The number of ether oxygens (including phenoxy) is 2. The average molecular weight is 217 g/mol. The van der Waals surface area contributed by atoms with E-state index in [4.69, 9.17) is 9.47 Å². The van der Waals surface area contributed by atoms with Gasteiger partial charge in [0.1, 0.15) is 0 Å². The van der Waals surface area contributed by atoms with Crippen LogP contribution in [0.1, 0.15) is 12.8 Å². The molecule has 0 atom stereocenters. The lowest BCUT2D eigenvalue weighted by Crippen LogP contribution is -2.31. The van der Waals surface area contributed by atoms with Crippen LogP contribution < -0.4 is 0 Å². The van der Waals surface area contributed by atoms with E-state index < -0.39 is 0 Å². The van der Waals surface area contributed by atoms with E-state index in [1.165, 1.54) is 11.8 Å². The third kappa shape index (κ3) is 2.62. The molecule has 1 amide bonds. The molecule has 0 radical (unpaired) electrons. The Morgan fingerprint density at radius 2 is 2.21 bits per heavy atom. The monoisotopic (exact) mass is 217 g/mol. The van der Waals surface area contributed by atoms with Crippen LogP contribution in [-0.2, 0) is 9.47 Å². The minimum atomic E-state index is -0.0952. The molecule has 2 aliphatic rings. The fourth-order valence-corrected chi connectivity index (χ4v) is 2.44. The molecular formula is C9H15NO3S. The van der Waals surface area contributed by atoms with E-state index >= 15 is 0 Å². The van der Waals surface area contributed by atoms with Crippen molar-refractivity contribution in [1.29, 1.82) is 0 Å². The second kappa shape index (κ2) is 5.00. The fraction of sp³-hybridized carbons (Fsp3) is 0.889. The highest BCUT2D eigenvalue weighted by Gasteiger charge is 2.23. The molecule has 2 rings (SSSR count). The quantitative estimate of drug-likeness (QED) is 0.714. The lowest BCUT2D eigenvalue weighted by Gasteiger charge is -2.25. The van der Waals surface area contributed by atoms with Gasteiger partial charge in [-0.05, 0) is 6.42 Å². The molecule has 0 N–H and O–H groups in total. The van der Waals surface area contributed by atoms with Crippen LogP contribution in [0.3, 0.4) is 0 Å². The summed E-state index contributed by atoms with van der Waals surface area (Å²) in [5, 5.41) is 0.195. The van der Waals surface area contributed by atoms with Crippen molar-refractivity contribution in [2.75, 3.05) is 32.1 Å². The fourth-order valence-electron chi connectivity index (χ4n) is 1.59. The number of hydrogen-bond donors (Lipinski definition) is 0. The van der Waals surface area contributed by atoms with E-state index in [-0.39, 0.29) is 11.5 Å². The van der Waals surface area contributed by atoms with Gasteiger partial charge < -0.3 is 14.4 Å². The first kappa shape index (κ1) is 10.3. The largest absolute Gasteiger partial charge is 0.353 e. The van der Waals surface area contributed by atoms with Crippen LogP contribution in [0.4, 0.5) is 4.79 Å². The Bertz CT molecular complexity index is 206. The minimum Gasteiger partial charge on any atom is -0.353 e. The predicted octanol–water partition coefficient (Wildman–Crippen LogP) is 1.31. The molecule has 0 aromatic rings. The van der Waals surface area contributed by atoms with Gasteiger partial charge in [0.15, 0.2) is 6.29 Å². The summed E-state index contributed by atoms with van der Waals surface area (Å²) in [6, 6.07) is 0. The van der Waals surface area contributed by atoms with E-state index in [1.54, 1.807) is 0 Å². The van der Waals surface area contributed by atoms with Crippen molar-refractivity contribution < 1.29 is 14.3 Å². The molecule has 80 valence electrons. The molecule has 5 heteroatoms. The summed E-state index contributed by atoms with van der Waals surface area (Å²) in [4.78, 5) is 13.1. The number of hydrogen-bond acceptors (Lipinski definition) is 4. The van der Waals surface area contributed by atoms with Gasteiger partial charge in [-0.1, -0.05) is 11.8 Å². The molecule has 0 bridgehead atoms. The molecule has 4 nitrogen and oxygen atoms in total. The summed E-state index contributed by atoms with van der Waals surface area (Å²) in [5.74, 6) is 0.922. The Morgan fingerprint density at radius 1 is 1.43 bits per heavy atom. The van der Waals surface area contributed by atoms with Gasteiger partial charge in [-0.25, -0.2) is 0 Å². The molecule has 0 unspecified atom stereocenters. The van der Waals surface area contributed by atoms with Crippen LogP contribution >= 0.6 is 11.8 Å². The normalized spacial score (nSPS) is 24.6. The first-order valence-electron chi connectivity index (χ1n) is 5.01. The van der Waals surface area contributed by atoms with Gasteiger partial charge in [-0.3, -0.25) is 4.79 Å². The lowest BCUT2D eigenvalue weighted by molar-refractivity contribution is -0.181. The van der Waals surface area contributed by atoms with Crippen molar-refractivity contribution in [1.82, 2.24) is 4.90 Å². The zero-order valence-electron chi connectivity index (χ0n) is 8.11. The number of carbonyl (C=O) groups is 1. The molecule has 2 aliphatic heterocycles. The summed E-state index contributed by atoms with van der Waals surface area (Å²) in [6.45, 7) is 3.20.